The van der Waals surface area contributed by atoms with Crippen LogP contribution in [0.25, 0.3) is 100.0 Å². The molecule has 0 radical (unpaired) electrons. The first-order valence-electron chi connectivity index (χ1n) is 17.9. The van der Waals surface area contributed by atoms with Gasteiger partial charge in [-0.15, -0.1) is 0 Å². The summed E-state index contributed by atoms with van der Waals surface area (Å²) >= 11 is 0. The normalized spacial score (nSPS) is 11.4. The van der Waals surface area contributed by atoms with Crippen LogP contribution < -0.4 is 0 Å². The quantitative estimate of drug-likeness (QED) is 0.176. The molecule has 0 saturated carbocycles. The standard InChI is InChI=1S/C50H32N2O/c1-4-14-33(15-5-1)42-28-43(34-16-6-2-7-17-34)30-44(29-42)38-24-12-22-36(26-38)37-23-13-25-41(27-37)47-49-48(52-50(51-47)35-18-8-3-9-19-35)45-31-39-20-10-11-21-40(39)32-46(45)53-49/h1-32H. The average molecular weight is 677 g/mol. The van der Waals surface area contributed by atoms with Gasteiger partial charge < -0.3 is 4.42 Å². The highest BCUT2D eigenvalue weighted by Gasteiger charge is 2.19. The molecule has 0 aliphatic carbocycles. The van der Waals surface area contributed by atoms with Crippen molar-refractivity contribution in [2.75, 3.05) is 0 Å². The predicted molar refractivity (Wildman–Crippen MR) is 219 cm³/mol. The summed E-state index contributed by atoms with van der Waals surface area (Å²) in [5.74, 6) is 0.670. The molecule has 0 spiro atoms. The minimum Gasteiger partial charge on any atom is -0.452 e. The average Bonchev–Trinajstić information content (AvgIpc) is 3.60. The minimum absolute atomic E-state index is 0.670. The van der Waals surface area contributed by atoms with Gasteiger partial charge in [-0.05, 0) is 97.7 Å². The van der Waals surface area contributed by atoms with Gasteiger partial charge in [0.25, 0.3) is 0 Å². The molecule has 248 valence electrons. The highest BCUT2D eigenvalue weighted by Crippen LogP contribution is 2.39. The van der Waals surface area contributed by atoms with Crippen LogP contribution in [0.5, 0.6) is 0 Å². The van der Waals surface area contributed by atoms with Crippen molar-refractivity contribution in [2.45, 2.75) is 0 Å². The van der Waals surface area contributed by atoms with Crippen molar-refractivity contribution in [3.05, 3.63) is 194 Å². The molecular formula is C50H32N2O. The Morgan fingerprint density at radius 1 is 0.321 bits per heavy atom. The predicted octanol–water partition coefficient (Wildman–Crippen LogP) is 13.5. The molecule has 10 aromatic rings. The molecule has 0 unspecified atom stereocenters. The number of furan rings is 1. The van der Waals surface area contributed by atoms with E-state index in [9.17, 15) is 0 Å². The van der Waals surface area contributed by atoms with Crippen molar-refractivity contribution in [1.82, 2.24) is 9.97 Å². The highest BCUT2D eigenvalue weighted by molar-refractivity contribution is 6.11. The van der Waals surface area contributed by atoms with E-state index >= 15 is 0 Å². The molecule has 3 nitrogen and oxygen atoms in total. The van der Waals surface area contributed by atoms with Gasteiger partial charge in [0.05, 0.1) is 0 Å². The van der Waals surface area contributed by atoms with Gasteiger partial charge in [-0.3, -0.25) is 0 Å². The zero-order valence-corrected chi connectivity index (χ0v) is 28.8. The van der Waals surface area contributed by atoms with Gasteiger partial charge in [0.15, 0.2) is 11.4 Å². The Bertz CT molecular complexity index is 2870. The second kappa shape index (κ2) is 12.9. The first-order chi connectivity index (χ1) is 26.2. The second-order valence-corrected chi connectivity index (χ2v) is 13.4. The van der Waals surface area contributed by atoms with E-state index in [4.69, 9.17) is 14.4 Å². The Labute approximate surface area is 307 Å². The zero-order chi connectivity index (χ0) is 35.1. The summed E-state index contributed by atoms with van der Waals surface area (Å²) in [5.41, 5.74) is 14.3. The van der Waals surface area contributed by atoms with Gasteiger partial charge in [0.2, 0.25) is 0 Å². The summed E-state index contributed by atoms with van der Waals surface area (Å²) in [6.45, 7) is 0. The van der Waals surface area contributed by atoms with Crippen molar-refractivity contribution in [1.29, 1.82) is 0 Å². The number of fused-ring (bicyclic) bond motifs is 4. The number of nitrogens with zero attached hydrogens (tertiary/aromatic N) is 2. The Balaban J connectivity index is 1.11. The molecule has 2 aromatic heterocycles. The topological polar surface area (TPSA) is 38.9 Å². The van der Waals surface area contributed by atoms with Crippen LogP contribution in [-0.2, 0) is 0 Å². The lowest BCUT2D eigenvalue weighted by molar-refractivity contribution is 0.668. The lowest BCUT2D eigenvalue weighted by atomic mass is 9.92. The molecule has 53 heavy (non-hydrogen) atoms. The molecule has 0 atom stereocenters. The molecule has 10 rings (SSSR count). The van der Waals surface area contributed by atoms with E-state index in [-0.39, 0.29) is 0 Å². The SMILES string of the molecule is c1ccc(-c2cc(-c3ccccc3)cc(-c3cccc(-c4cccc(-c5nc(-c6ccccc6)nc6c5oc5cc7ccccc7cc56)c4)c3)c2)cc1. The first-order valence-corrected chi connectivity index (χ1v) is 17.9. The molecule has 0 aliphatic rings. The van der Waals surface area contributed by atoms with Gasteiger partial charge in [-0.2, -0.15) is 0 Å². The summed E-state index contributed by atoms with van der Waals surface area (Å²) in [6, 6.07) is 68.3. The van der Waals surface area contributed by atoms with Crippen LogP contribution in [0.1, 0.15) is 0 Å². The Hall–Kier alpha value is -7.10. The summed E-state index contributed by atoms with van der Waals surface area (Å²) in [5, 5.41) is 3.26. The fraction of sp³-hybridized carbons (Fsp3) is 0. The lowest BCUT2D eigenvalue weighted by Gasteiger charge is -2.13. The largest absolute Gasteiger partial charge is 0.452 e. The summed E-state index contributed by atoms with van der Waals surface area (Å²) in [6.07, 6.45) is 0. The van der Waals surface area contributed by atoms with Crippen LogP contribution in [0.3, 0.4) is 0 Å². The molecule has 3 heteroatoms. The summed E-state index contributed by atoms with van der Waals surface area (Å²) in [7, 11) is 0. The molecule has 8 aromatic carbocycles. The first kappa shape index (κ1) is 30.7. The van der Waals surface area contributed by atoms with Crippen LogP contribution in [0.2, 0.25) is 0 Å². The van der Waals surface area contributed by atoms with Crippen molar-refractivity contribution in [3.8, 4) is 67.2 Å². The molecule has 0 saturated heterocycles. The Morgan fingerprint density at radius 3 is 1.36 bits per heavy atom. The molecular weight excluding hydrogens is 645 g/mol. The van der Waals surface area contributed by atoms with Crippen LogP contribution in [0, 0.1) is 0 Å². The van der Waals surface area contributed by atoms with Gasteiger partial charge in [-0.25, -0.2) is 9.97 Å². The maximum atomic E-state index is 6.63. The number of hydrogen-bond donors (Lipinski definition) is 0. The van der Waals surface area contributed by atoms with E-state index in [1.165, 1.54) is 27.8 Å². The van der Waals surface area contributed by atoms with Crippen LogP contribution >= 0.6 is 0 Å². The number of hydrogen-bond acceptors (Lipinski definition) is 3. The van der Waals surface area contributed by atoms with Crippen molar-refractivity contribution in [3.63, 3.8) is 0 Å². The van der Waals surface area contributed by atoms with Crippen molar-refractivity contribution >= 4 is 32.8 Å². The minimum atomic E-state index is 0.670. The van der Waals surface area contributed by atoms with Gasteiger partial charge in [0, 0.05) is 16.5 Å². The van der Waals surface area contributed by atoms with E-state index in [2.05, 4.69) is 176 Å². The van der Waals surface area contributed by atoms with Crippen LogP contribution in [0.15, 0.2) is 199 Å². The third-order valence-corrected chi connectivity index (χ3v) is 10.0. The second-order valence-electron chi connectivity index (χ2n) is 13.4. The fourth-order valence-corrected chi connectivity index (χ4v) is 7.35. The summed E-state index contributed by atoms with van der Waals surface area (Å²) < 4.78 is 6.63. The molecule has 0 N–H and O–H groups in total. The molecule has 2 heterocycles. The van der Waals surface area contributed by atoms with Crippen LogP contribution in [0.4, 0.5) is 0 Å². The van der Waals surface area contributed by atoms with Gasteiger partial charge >= 0.3 is 0 Å². The monoisotopic (exact) mass is 676 g/mol. The number of rotatable bonds is 6. The van der Waals surface area contributed by atoms with Crippen molar-refractivity contribution in [2.24, 2.45) is 0 Å². The van der Waals surface area contributed by atoms with E-state index < -0.39 is 0 Å². The maximum Gasteiger partial charge on any atom is 0.180 e. The van der Waals surface area contributed by atoms with E-state index in [1.54, 1.807) is 0 Å². The summed E-state index contributed by atoms with van der Waals surface area (Å²) in [4.78, 5) is 10.3. The Kier molecular flexibility index (Phi) is 7.47. The zero-order valence-electron chi connectivity index (χ0n) is 28.8. The number of benzene rings is 8. The van der Waals surface area contributed by atoms with E-state index in [0.717, 1.165) is 60.8 Å². The van der Waals surface area contributed by atoms with E-state index in [0.29, 0.717) is 11.4 Å². The van der Waals surface area contributed by atoms with Crippen molar-refractivity contribution < 1.29 is 4.42 Å². The Morgan fingerprint density at radius 2 is 0.755 bits per heavy atom. The third-order valence-electron chi connectivity index (χ3n) is 10.0. The van der Waals surface area contributed by atoms with Crippen LogP contribution in [-0.4, -0.2) is 9.97 Å². The third kappa shape index (κ3) is 5.75. The lowest BCUT2D eigenvalue weighted by Crippen LogP contribution is -1.94. The van der Waals surface area contributed by atoms with E-state index in [1.807, 2.05) is 18.2 Å². The molecule has 0 amide bonds. The number of aromatic nitrogens is 2. The smallest absolute Gasteiger partial charge is 0.180 e. The maximum absolute atomic E-state index is 6.63. The molecule has 0 bridgehead atoms. The fourth-order valence-electron chi connectivity index (χ4n) is 7.35. The molecule has 0 aliphatic heterocycles. The van der Waals surface area contributed by atoms with Gasteiger partial charge in [-0.1, -0.05) is 152 Å². The molecule has 0 fully saturated rings. The highest BCUT2D eigenvalue weighted by atomic mass is 16.3. The van der Waals surface area contributed by atoms with Gasteiger partial charge in [0.1, 0.15) is 16.8 Å².